The molecular formula is C43H65N11O13S2. The first-order valence-corrected chi connectivity index (χ1v) is 25.0. The zero-order valence-electron chi connectivity index (χ0n) is 38.9. The Kier molecular flexibility index (Phi) is 23.0. The molecule has 24 nitrogen and oxygen atoms in total. The number of nitrogens with one attached hydrogen (secondary N) is 7. The highest BCUT2D eigenvalue weighted by Crippen LogP contribution is 2.25. The Morgan fingerprint density at radius 3 is 2.01 bits per heavy atom. The molecule has 69 heavy (non-hydrogen) atoms. The van der Waals surface area contributed by atoms with E-state index in [-0.39, 0.29) is 55.5 Å². The Balaban J connectivity index is 2.08. The van der Waals surface area contributed by atoms with E-state index in [1.807, 2.05) is 13.8 Å². The van der Waals surface area contributed by atoms with Crippen LogP contribution < -0.4 is 54.4 Å². The Morgan fingerprint density at radius 1 is 0.812 bits per heavy atom. The average molecular weight is 1010 g/mol. The van der Waals surface area contributed by atoms with Crippen LogP contribution in [0.15, 0.2) is 24.3 Å². The number of hydrogen-bond donors (Lipinski definition) is 12. The van der Waals surface area contributed by atoms with Crippen molar-refractivity contribution in [3.63, 3.8) is 0 Å². The molecule has 3 rings (SSSR count). The van der Waals surface area contributed by atoms with Gasteiger partial charge in [-0.1, -0.05) is 67.8 Å². The molecule has 0 aromatic heterocycles. The second-order valence-electron chi connectivity index (χ2n) is 17.3. The zero-order chi connectivity index (χ0) is 51.5. The smallest absolute Gasteiger partial charge is 0.327 e. The molecule has 382 valence electrons. The van der Waals surface area contributed by atoms with Gasteiger partial charge in [-0.2, -0.15) is 0 Å². The second kappa shape index (κ2) is 27.7. The molecule has 15 N–H and O–H groups in total. The largest absolute Gasteiger partial charge is 0.508 e. The summed E-state index contributed by atoms with van der Waals surface area (Å²) >= 11 is 0. The van der Waals surface area contributed by atoms with Crippen molar-refractivity contribution in [1.29, 1.82) is 0 Å². The lowest BCUT2D eigenvalue weighted by atomic mass is 9.96. The summed E-state index contributed by atoms with van der Waals surface area (Å²) in [7, 11) is 1.78. The predicted molar refractivity (Wildman–Crippen MR) is 253 cm³/mol. The number of rotatable bonds is 17. The highest BCUT2D eigenvalue weighted by atomic mass is 33.1. The first-order chi connectivity index (χ1) is 32.5. The van der Waals surface area contributed by atoms with E-state index >= 15 is 0 Å². The van der Waals surface area contributed by atoms with Gasteiger partial charge in [0.05, 0.1) is 13.0 Å². The van der Waals surface area contributed by atoms with E-state index in [9.17, 15) is 63.0 Å². The fourth-order valence-electron chi connectivity index (χ4n) is 7.38. The van der Waals surface area contributed by atoms with Gasteiger partial charge in [-0.15, -0.1) is 0 Å². The van der Waals surface area contributed by atoms with E-state index in [1.165, 1.54) is 29.2 Å². The summed E-state index contributed by atoms with van der Waals surface area (Å²) in [5, 5.41) is 37.7. The molecule has 10 amide bonds. The molecule has 2 heterocycles. The van der Waals surface area contributed by atoms with Gasteiger partial charge in [-0.05, 0) is 55.2 Å². The number of likely N-dealkylation sites (tertiary alicyclic amines) is 1. The summed E-state index contributed by atoms with van der Waals surface area (Å²) in [6.07, 6.45) is -0.811. The van der Waals surface area contributed by atoms with Crippen LogP contribution in [0.5, 0.6) is 5.75 Å². The van der Waals surface area contributed by atoms with Crippen LogP contribution in [0.25, 0.3) is 0 Å². The number of carbonyl (C=O) groups excluding carboxylic acids is 10. The molecule has 26 heteroatoms. The topological polar surface area (TPSA) is 394 Å². The van der Waals surface area contributed by atoms with Gasteiger partial charge in [0.1, 0.15) is 54.1 Å². The number of nitrogens with two attached hydrogens (primary N) is 3. The molecule has 0 saturated carbocycles. The van der Waals surface area contributed by atoms with Crippen molar-refractivity contribution in [3.8, 4) is 5.75 Å². The van der Waals surface area contributed by atoms with Gasteiger partial charge in [0.25, 0.3) is 0 Å². The van der Waals surface area contributed by atoms with Crippen molar-refractivity contribution >= 4 is 86.6 Å². The normalized spacial score (nSPS) is 24.3. The predicted octanol–water partition coefficient (Wildman–Crippen LogP) is -3.01. The van der Waals surface area contributed by atoms with Crippen LogP contribution in [-0.2, 0) is 59.2 Å². The van der Waals surface area contributed by atoms with Gasteiger partial charge in [-0.3, -0.25) is 47.9 Å². The van der Waals surface area contributed by atoms with Crippen molar-refractivity contribution in [2.24, 2.45) is 29.0 Å². The molecule has 0 aliphatic carbocycles. The highest BCUT2D eigenvalue weighted by molar-refractivity contribution is 8.76. The molecule has 0 bridgehead atoms. The fourth-order valence-corrected chi connectivity index (χ4v) is 9.70. The number of aromatic hydroxyl groups is 1. The Labute approximate surface area is 407 Å². The van der Waals surface area contributed by atoms with E-state index in [0.717, 1.165) is 21.6 Å². The van der Waals surface area contributed by atoms with Gasteiger partial charge in [0, 0.05) is 30.9 Å². The maximum atomic E-state index is 14.2. The number of benzene rings is 1. The number of nitrogens with zero attached hydrogens (tertiary/aromatic N) is 1. The third-order valence-corrected chi connectivity index (χ3v) is 13.7. The lowest BCUT2D eigenvalue weighted by Gasteiger charge is -2.31. The van der Waals surface area contributed by atoms with E-state index in [4.69, 9.17) is 17.2 Å². The quantitative estimate of drug-likeness (QED) is 0.0692. The van der Waals surface area contributed by atoms with E-state index < -0.39 is 139 Å². The molecule has 0 unspecified atom stereocenters. The number of hydrogen-bond acceptors (Lipinski definition) is 15. The maximum absolute atomic E-state index is 14.2. The SMILES string of the molecule is CC[C@@H](C)[C@@H]1NC(=O)[C@@H](CCC(N)=O)NC(=O)[C@@H](CC(N)=O)NC(=O)[C@H](NC(=O)[C@H]2CCCN2C(=O)[C@@H](CC(C)C)NC(=O)CN)CSSC[C@H](C(=O)O)NC(=O)[C@@H](Cc2ccc(O)cc2)NC1=O. The number of aliphatic carboxylic acids is 1. The van der Waals surface area contributed by atoms with Gasteiger partial charge < -0.3 is 69.5 Å². The van der Waals surface area contributed by atoms with E-state index in [1.54, 1.807) is 13.8 Å². The Hall–Kier alpha value is -6.15. The van der Waals surface area contributed by atoms with Crippen LogP contribution in [0.3, 0.4) is 0 Å². The fraction of sp³-hybridized carbons (Fsp3) is 0.605. The van der Waals surface area contributed by atoms with Gasteiger partial charge in [0.2, 0.25) is 59.1 Å². The van der Waals surface area contributed by atoms with Gasteiger partial charge in [0.15, 0.2) is 0 Å². The van der Waals surface area contributed by atoms with Crippen molar-refractivity contribution in [1.82, 2.24) is 42.1 Å². The van der Waals surface area contributed by atoms with Crippen LogP contribution >= 0.6 is 21.6 Å². The Morgan fingerprint density at radius 2 is 1.42 bits per heavy atom. The summed E-state index contributed by atoms with van der Waals surface area (Å²) in [4.78, 5) is 148. The molecule has 0 spiro atoms. The van der Waals surface area contributed by atoms with Crippen molar-refractivity contribution < 1.29 is 63.0 Å². The van der Waals surface area contributed by atoms with Gasteiger partial charge in [-0.25, -0.2) is 4.79 Å². The van der Waals surface area contributed by atoms with Crippen LogP contribution in [0.1, 0.15) is 78.2 Å². The summed E-state index contributed by atoms with van der Waals surface area (Å²) in [6.45, 7) is 6.77. The minimum absolute atomic E-state index is 0.0480. The van der Waals surface area contributed by atoms with Gasteiger partial charge >= 0.3 is 5.97 Å². The number of phenols is 1. The molecule has 9 atom stereocenters. The van der Waals surface area contributed by atoms with Crippen LogP contribution in [0.2, 0.25) is 0 Å². The minimum atomic E-state index is -1.78. The number of carboxylic acids is 1. The summed E-state index contributed by atoms with van der Waals surface area (Å²) < 4.78 is 0. The van der Waals surface area contributed by atoms with E-state index in [0.29, 0.717) is 18.4 Å². The summed E-state index contributed by atoms with van der Waals surface area (Å²) in [6, 6.07) is -5.83. The lowest BCUT2D eigenvalue weighted by molar-refractivity contribution is -0.142. The molecule has 2 aliphatic rings. The molecule has 0 radical (unpaired) electrons. The molecule has 1 aromatic rings. The monoisotopic (exact) mass is 1010 g/mol. The van der Waals surface area contributed by atoms with Crippen molar-refractivity contribution in [2.75, 3.05) is 24.6 Å². The molecule has 2 aliphatic heterocycles. The average Bonchev–Trinajstić information content (AvgIpc) is 3.79. The number of carboxylic acid groups (broad SMARTS) is 1. The number of carbonyl (C=O) groups is 11. The minimum Gasteiger partial charge on any atom is -0.508 e. The van der Waals surface area contributed by atoms with Crippen LogP contribution in [0, 0.1) is 11.8 Å². The standard InChI is InChI=1S/C43H65N11O13S2/c1-5-22(4)35-41(64)50-26(16-23-8-10-24(55)11-9-23)37(60)52-30(43(66)67)20-69-68-19-29(39(62)49-27(17-33(46)57)38(61)48-25(36(59)53-35)12-13-32(45)56)51-40(63)31-7-6-14-54(31)42(65)28(15-21(2)3)47-34(58)18-44/h8-11,21-22,25-31,35,55H,5-7,12-20,44H2,1-4H3,(H2,45,56)(H2,46,57)(H,47,58)(H,48,61)(H,49,62)(H,50,64)(H,51,63)(H,52,60)(H,53,59)(H,66,67)/t22-,25-,26-,27-,28-,29-,30-,31-,35+/m1/s1. The molecule has 2 fully saturated rings. The first kappa shape index (κ1) is 57.2. The second-order valence-corrected chi connectivity index (χ2v) is 19.8. The summed E-state index contributed by atoms with van der Waals surface area (Å²) in [5.74, 6) is -11.7. The third-order valence-electron chi connectivity index (χ3n) is 11.3. The van der Waals surface area contributed by atoms with Crippen LogP contribution in [-0.4, -0.2) is 153 Å². The molecule has 2 saturated heterocycles. The third kappa shape index (κ3) is 18.4. The molecular weight excluding hydrogens is 943 g/mol. The van der Waals surface area contributed by atoms with E-state index in [2.05, 4.69) is 37.2 Å². The van der Waals surface area contributed by atoms with Crippen molar-refractivity contribution in [2.45, 2.75) is 127 Å². The van der Waals surface area contributed by atoms with Crippen molar-refractivity contribution in [3.05, 3.63) is 29.8 Å². The number of phenolic OH excluding ortho intramolecular Hbond substituents is 1. The van der Waals surface area contributed by atoms with Crippen LogP contribution in [0.4, 0.5) is 0 Å². The number of primary amides is 2. The maximum Gasteiger partial charge on any atom is 0.327 e. The Bertz CT molecular complexity index is 2050. The lowest BCUT2D eigenvalue weighted by Crippen LogP contribution is -2.61. The zero-order valence-corrected chi connectivity index (χ0v) is 40.6. The first-order valence-electron chi connectivity index (χ1n) is 22.5. The highest BCUT2D eigenvalue weighted by Gasteiger charge is 2.40. The summed E-state index contributed by atoms with van der Waals surface area (Å²) in [5.41, 5.74) is 16.8. The molecule has 1 aromatic carbocycles. The number of amides is 10.